The Bertz CT molecular complexity index is 622. The molecule has 2 aromatic carbocycles. The molecule has 4 nitrogen and oxygen atoms in total. The van der Waals surface area contributed by atoms with Crippen molar-refractivity contribution in [2.75, 3.05) is 0 Å². The average molecular weight is 298 g/mol. The summed E-state index contributed by atoms with van der Waals surface area (Å²) >= 11 is 0. The Kier molecular flexibility index (Phi) is 5.72. The van der Waals surface area contributed by atoms with E-state index in [4.69, 9.17) is 9.47 Å². The van der Waals surface area contributed by atoms with Gasteiger partial charge in [0.1, 0.15) is 30.3 Å². The Morgan fingerprint density at radius 1 is 1.09 bits per heavy atom. The van der Waals surface area contributed by atoms with Crippen molar-refractivity contribution in [3.8, 4) is 11.5 Å². The van der Waals surface area contributed by atoms with E-state index in [2.05, 4.69) is 0 Å². The molecule has 2 rings (SSSR count). The van der Waals surface area contributed by atoms with Crippen LogP contribution >= 0.6 is 0 Å². The summed E-state index contributed by atoms with van der Waals surface area (Å²) in [7, 11) is 0. The van der Waals surface area contributed by atoms with Crippen molar-refractivity contribution in [2.45, 2.75) is 20.0 Å². The Morgan fingerprint density at radius 2 is 1.82 bits per heavy atom. The summed E-state index contributed by atoms with van der Waals surface area (Å²) in [6, 6.07) is 16.6. The van der Waals surface area contributed by atoms with Crippen LogP contribution in [0.25, 0.3) is 0 Å². The van der Waals surface area contributed by atoms with Crippen LogP contribution in [-0.2, 0) is 16.2 Å². The number of carbonyl (C=O) groups excluding carboxylic acids is 2. The van der Waals surface area contributed by atoms with Gasteiger partial charge in [-0.15, -0.1) is 0 Å². The number of benzene rings is 2. The Balaban J connectivity index is 1.98. The zero-order chi connectivity index (χ0) is 15.8. The molecule has 0 aliphatic carbocycles. The second-order valence-electron chi connectivity index (χ2n) is 4.82. The van der Waals surface area contributed by atoms with Crippen LogP contribution in [0.1, 0.15) is 18.9 Å². The monoisotopic (exact) mass is 298 g/mol. The molecule has 1 unspecified atom stereocenters. The number of rotatable bonds is 7. The van der Waals surface area contributed by atoms with Crippen molar-refractivity contribution in [3.63, 3.8) is 0 Å². The normalized spacial score (nSPS) is 11.5. The van der Waals surface area contributed by atoms with Crippen LogP contribution in [0, 0.1) is 5.92 Å². The van der Waals surface area contributed by atoms with Crippen LogP contribution in [-0.4, -0.2) is 12.3 Å². The van der Waals surface area contributed by atoms with Gasteiger partial charge in [-0.2, -0.15) is 0 Å². The first-order valence-electron chi connectivity index (χ1n) is 7.16. The minimum atomic E-state index is -0.728. The van der Waals surface area contributed by atoms with E-state index in [1.165, 1.54) is 0 Å². The standard InChI is InChI=1S/C18H18O4/c1-2-15(12-19)18(20)22-17-10-6-9-16(11-17)21-13-14-7-4-3-5-8-14/h3-12,15H,2,13H2,1H3. The predicted molar refractivity (Wildman–Crippen MR) is 82.7 cm³/mol. The molecule has 0 aromatic heterocycles. The second kappa shape index (κ2) is 7.98. The van der Waals surface area contributed by atoms with Crippen LogP contribution < -0.4 is 9.47 Å². The van der Waals surface area contributed by atoms with E-state index in [9.17, 15) is 9.59 Å². The average Bonchev–Trinajstić information content (AvgIpc) is 2.55. The quantitative estimate of drug-likeness (QED) is 0.340. The van der Waals surface area contributed by atoms with E-state index in [-0.39, 0.29) is 0 Å². The van der Waals surface area contributed by atoms with Gasteiger partial charge in [0, 0.05) is 6.07 Å². The molecule has 0 N–H and O–H groups in total. The van der Waals surface area contributed by atoms with E-state index >= 15 is 0 Å². The summed E-state index contributed by atoms with van der Waals surface area (Å²) in [5.74, 6) is -0.296. The fourth-order valence-corrected chi connectivity index (χ4v) is 1.88. The minimum Gasteiger partial charge on any atom is -0.489 e. The second-order valence-corrected chi connectivity index (χ2v) is 4.82. The molecule has 22 heavy (non-hydrogen) atoms. The molecule has 0 aliphatic heterocycles. The van der Waals surface area contributed by atoms with E-state index < -0.39 is 11.9 Å². The van der Waals surface area contributed by atoms with Gasteiger partial charge in [0.2, 0.25) is 0 Å². The Morgan fingerprint density at radius 3 is 2.50 bits per heavy atom. The lowest BCUT2D eigenvalue weighted by Gasteiger charge is -2.10. The molecule has 0 aliphatic rings. The third-order valence-electron chi connectivity index (χ3n) is 3.18. The van der Waals surface area contributed by atoms with Gasteiger partial charge in [-0.05, 0) is 24.1 Å². The molecule has 4 heteroatoms. The summed E-state index contributed by atoms with van der Waals surface area (Å²) in [5, 5.41) is 0. The zero-order valence-electron chi connectivity index (χ0n) is 12.4. The van der Waals surface area contributed by atoms with Crippen LogP contribution in [0.2, 0.25) is 0 Å². The smallest absolute Gasteiger partial charge is 0.321 e. The van der Waals surface area contributed by atoms with E-state index in [0.29, 0.717) is 30.8 Å². The van der Waals surface area contributed by atoms with Crippen LogP contribution in [0.4, 0.5) is 0 Å². The lowest BCUT2D eigenvalue weighted by molar-refractivity contribution is -0.141. The van der Waals surface area contributed by atoms with E-state index in [1.807, 2.05) is 30.3 Å². The van der Waals surface area contributed by atoms with Gasteiger partial charge in [0.05, 0.1) is 0 Å². The third kappa shape index (κ3) is 4.45. The highest BCUT2D eigenvalue weighted by atomic mass is 16.5. The van der Waals surface area contributed by atoms with Gasteiger partial charge in [0.15, 0.2) is 0 Å². The number of carbonyl (C=O) groups is 2. The maximum Gasteiger partial charge on any atom is 0.321 e. The molecule has 0 spiro atoms. The SMILES string of the molecule is CCC(C=O)C(=O)Oc1cccc(OCc2ccccc2)c1. The molecule has 0 heterocycles. The van der Waals surface area contributed by atoms with Crippen molar-refractivity contribution in [1.29, 1.82) is 0 Å². The molecular formula is C18H18O4. The maximum atomic E-state index is 11.8. The molecule has 0 saturated carbocycles. The lowest BCUT2D eigenvalue weighted by Crippen LogP contribution is -2.20. The first kappa shape index (κ1) is 15.8. The summed E-state index contributed by atoms with van der Waals surface area (Å²) in [5.41, 5.74) is 1.05. The Labute approximate surface area is 129 Å². The highest BCUT2D eigenvalue weighted by molar-refractivity contribution is 5.88. The highest BCUT2D eigenvalue weighted by Crippen LogP contribution is 2.21. The largest absolute Gasteiger partial charge is 0.489 e. The van der Waals surface area contributed by atoms with Gasteiger partial charge in [0.25, 0.3) is 0 Å². The van der Waals surface area contributed by atoms with Crippen molar-refractivity contribution in [3.05, 3.63) is 60.2 Å². The number of hydrogen-bond acceptors (Lipinski definition) is 4. The van der Waals surface area contributed by atoms with Crippen LogP contribution in [0.5, 0.6) is 11.5 Å². The molecule has 0 saturated heterocycles. The number of hydrogen-bond donors (Lipinski definition) is 0. The topological polar surface area (TPSA) is 52.6 Å². The summed E-state index contributed by atoms with van der Waals surface area (Å²) in [4.78, 5) is 22.5. The maximum absolute atomic E-state index is 11.8. The first-order valence-corrected chi connectivity index (χ1v) is 7.16. The van der Waals surface area contributed by atoms with Gasteiger partial charge < -0.3 is 14.3 Å². The number of aldehydes is 1. The number of esters is 1. The van der Waals surface area contributed by atoms with Gasteiger partial charge in [-0.3, -0.25) is 4.79 Å². The lowest BCUT2D eigenvalue weighted by atomic mass is 10.1. The molecular weight excluding hydrogens is 280 g/mol. The minimum absolute atomic E-state index is 0.371. The Hall–Kier alpha value is -2.62. The fraction of sp³-hybridized carbons (Fsp3) is 0.222. The molecule has 0 bridgehead atoms. The van der Waals surface area contributed by atoms with E-state index in [0.717, 1.165) is 5.56 Å². The van der Waals surface area contributed by atoms with Gasteiger partial charge in [-0.25, -0.2) is 0 Å². The predicted octanol–water partition coefficient (Wildman–Crippen LogP) is 3.40. The third-order valence-corrected chi connectivity index (χ3v) is 3.18. The van der Waals surface area contributed by atoms with Crippen LogP contribution in [0.15, 0.2) is 54.6 Å². The molecule has 0 amide bonds. The number of ether oxygens (including phenoxy) is 2. The first-order chi connectivity index (χ1) is 10.7. The molecule has 2 aromatic rings. The molecule has 114 valence electrons. The molecule has 0 radical (unpaired) electrons. The van der Waals surface area contributed by atoms with Crippen molar-refractivity contribution in [2.24, 2.45) is 5.92 Å². The van der Waals surface area contributed by atoms with Crippen molar-refractivity contribution < 1.29 is 19.1 Å². The highest BCUT2D eigenvalue weighted by Gasteiger charge is 2.17. The van der Waals surface area contributed by atoms with Gasteiger partial charge in [-0.1, -0.05) is 43.3 Å². The van der Waals surface area contributed by atoms with Crippen molar-refractivity contribution >= 4 is 12.3 Å². The fourth-order valence-electron chi connectivity index (χ4n) is 1.88. The molecule has 0 fully saturated rings. The van der Waals surface area contributed by atoms with Gasteiger partial charge >= 0.3 is 5.97 Å². The molecule has 1 atom stereocenters. The zero-order valence-corrected chi connectivity index (χ0v) is 12.4. The van der Waals surface area contributed by atoms with Crippen molar-refractivity contribution in [1.82, 2.24) is 0 Å². The summed E-state index contributed by atoms with van der Waals surface area (Å²) in [6.45, 7) is 2.20. The summed E-state index contributed by atoms with van der Waals surface area (Å²) in [6.07, 6.45) is 1.03. The summed E-state index contributed by atoms with van der Waals surface area (Å²) < 4.78 is 10.9. The van der Waals surface area contributed by atoms with Crippen LogP contribution in [0.3, 0.4) is 0 Å². The van der Waals surface area contributed by atoms with E-state index in [1.54, 1.807) is 31.2 Å².